The Morgan fingerprint density at radius 2 is 2.12 bits per heavy atom. The van der Waals surface area contributed by atoms with Crippen LogP contribution in [0.4, 0.5) is 0 Å². The number of benzene rings is 1. The molecule has 1 atom stereocenters. The van der Waals surface area contributed by atoms with Gasteiger partial charge < -0.3 is 13.9 Å². The summed E-state index contributed by atoms with van der Waals surface area (Å²) >= 11 is 0. The monoisotopic (exact) mass is 216 g/mol. The lowest BCUT2D eigenvalue weighted by Gasteiger charge is -2.08. The minimum atomic E-state index is 0.275. The Morgan fingerprint density at radius 1 is 1.25 bits per heavy atom. The largest absolute Gasteiger partial charge is 0.490 e. The van der Waals surface area contributed by atoms with Gasteiger partial charge >= 0.3 is 0 Å². The molecular formula is C13H12O3. The molecule has 1 aliphatic rings. The normalized spacial score (nSPS) is 18.4. The van der Waals surface area contributed by atoms with Crippen LogP contribution in [0, 0.1) is 0 Å². The molecule has 3 nitrogen and oxygen atoms in total. The molecule has 2 aromatic rings. The summed E-state index contributed by atoms with van der Waals surface area (Å²) in [4.78, 5) is 0. The van der Waals surface area contributed by atoms with Crippen LogP contribution in [0.1, 0.15) is 0 Å². The Bertz CT molecular complexity index is 458. The van der Waals surface area contributed by atoms with Crippen LogP contribution in [0.2, 0.25) is 0 Å². The van der Waals surface area contributed by atoms with Gasteiger partial charge in [0.15, 0.2) is 0 Å². The molecule has 3 rings (SSSR count). The summed E-state index contributed by atoms with van der Waals surface area (Å²) in [5, 5.41) is 0. The Kier molecular flexibility index (Phi) is 2.38. The summed E-state index contributed by atoms with van der Waals surface area (Å²) < 4.78 is 15.9. The zero-order chi connectivity index (χ0) is 10.8. The fraction of sp³-hybridized carbons (Fsp3) is 0.231. The Morgan fingerprint density at radius 3 is 2.88 bits per heavy atom. The Labute approximate surface area is 93.6 Å². The number of para-hydroxylation sites is 1. The van der Waals surface area contributed by atoms with E-state index in [4.69, 9.17) is 13.9 Å². The van der Waals surface area contributed by atoms with Gasteiger partial charge in [-0.3, -0.25) is 0 Å². The van der Waals surface area contributed by atoms with E-state index < -0.39 is 0 Å². The van der Waals surface area contributed by atoms with Crippen molar-refractivity contribution in [3.63, 3.8) is 0 Å². The van der Waals surface area contributed by atoms with Crippen LogP contribution in [0.5, 0.6) is 5.75 Å². The van der Waals surface area contributed by atoms with Crippen molar-refractivity contribution in [1.29, 1.82) is 0 Å². The maximum Gasteiger partial charge on any atom is 0.127 e. The molecule has 1 saturated heterocycles. The first-order chi connectivity index (χ1) is 7.93. The maximum absolute atomic E-state index is 5.72. The van der Waals surface area contributed by atoms with Crippen LogP contribution in [0.3, 0.4) is 0 Å². The van der Waals surface area contributed by atoms with E-state index >= 15 is 0 Å². The minimum Gasteiger partial charge on any atom is -0.490 e. The lowest BCUT2D eigenvalue weighted by Crippen LogP contribution is -2.04. The molecule has 1 aromatic carbocycles. The number of hydrogen-bond acceptors (Lipinski definition) is 3. The van der Waals surface area contributed by atoms with E-state index in [0.29, 0.717) is 6.61 Å². The lowest BCUT2D eigenvalue weighted by molar-refractivity contribution is 0.264. The molecule has 16 heavy (non-hydrogen) atoms. The van der Waals surface area contributed by atoms with Crippen LogP contribution in [-0.4, -0.2) is 19.3 Å². The summed E-state index contributed by atoms with van der Waals surface area (Å²) in [5.74, 6) is 0.874. The van der Waals surface area contributed by atoms with Gasteiger partial charge in [-0.05, 0) is 12.1 Å². The highest BCUT2D eigenvalue weighted by Crippen LogP contribution is 2.30. The molecular weight excluding hydrogens is 204 g/mol. The molecule has 0 aliphatic carbocycles. The van der Waals surface area contributed by atoms with E-state index in [1.165, 1.54) is 0 Å². The molecule has 3 heteroatoms. The van der Waals surface area contributed by atoms with E-state index in [-0.39, 0.29) is 6.10 Å². The molecule has 82 valence electrons. The SMILES string of the molecule is c1ccc(-c2ccoc2)c(OCC2CO2)c1. The second-order valence-corrected chi connectivity index (χ2v) is 3.77. The van der Waals surface area contributed by atoms with Gasteiger partial charge in [-0.15, -0.1) is 0 Å². The number of furan rings is 1. The van der Waals surface area contributed by atoms with Crippen LogP contribution in [0.25, 0.3) is 11.1 Å². The van der Waals surface area contributed by atoms with Crippen LogP contribution >= 0.6 is 0 Å². The molecule has 0 amide bonds. The predicted molar refractivity (Wildman–Crippen MR) is 59.4 cm³/mol. The van der Waals surface area contributed by atoms with Gasteiger partial charge in [-0.1, -0.05) is 18.2 Å². The molecule has 0 bridgehead atoms. The van der Waals surface area contributed by atoms with Gasteiger partial charge in [0.05, 0.1) is 19.1 Å². The first-order valence-corrected chi connectivity index (χ1v) is 5.29. The van der Waals surface area contributed by atoms with Crippen molar-refractivity contribution in [3.8, 4) is 16.9 Å². The highest BCUT2D eigenvalue weighted by Gasteiger charge is 2.23. The van der Waals surface area contributed by atoms with Gasteiger partial charge in [0.25, 0.3) is 0 Å². The maximum atomic E-state index is 5.72. The van der Waals surface area contributed by atoms with Gasteiger partial charge in [0.2, 0.25) is 0 Å². The molecule has 1 fully saturated rings. The number of ether oxygens (including phenoxy) is 2. The second-order valence-electron chi connectivity index (χ2n) is 3.77. The van der Waals surface area contributed by atoms with Crippen LogP contribution < -0.4 is 4.74 Å². The van der Waals surface area contributed by atoms with Gasteiger partial charge in [0.1, 0.15) is 18.5 Å². The molecule has 0 saturated carbocycles. The Balaban J connectivity index is 1.85. The minimum absolute atomic E-state index is 0.275. The number of rotatable bonds is 4. The molecule has 1 aromatic heterocycles. The predicted octanol–water partition coefficient (Wildman–Crippen LogP) is 2.72. The average Bonchev–Trinajstić information content (AvgIpc) is 3.00. The smallest absolute Gasteiger partial charge is 0.127 e. The molecule has 2 heterocycles. The zero-order valence-electron chi connectivity index (χ0n) is 8.76. The molecule has 0 spiro atoms. The summed E-state index contributed by atoms with van der Waals surface area (Å²) in [6.45, 7) is 1.43. The van der Waals surface area contributed by atoms with E-state index in [9.17, 15) is 0 Å². The summed E-state index contributed by atoms with van der Waals surface area (Å²) in [7, 11) is 0. The van der Waals surface area contributed by atoms with E-state index in [2.05, 4.69) is 0 Å². The lowest BCUT2D eigenvalue weighted by atomic mass is 10.1. The van der Waals surface area contributed by atoms with Gasteiger partial charge in [-0.2, -0.15) is 0 Å². The highest BCUT2D eigenvalue weighted by molar-refractivity contribution is 5.69. The van der Waals surface area contributed by atoms with E-state index in [1.54, 1.807) is 12.5 Å². The van der Waals surface area contributed by atoms with Crippen LogP contribution in [0.15, 0.2) is 47.3 Å². The van der Waals surface area contributed by atoms with E-state index in [1.807, 2.05) is 30.3 Å². The number of hydrogen-bond donors (Lipinski definition) is 0. The topological polar surface area (TPSA) is 34.9 Å². The highest BCUT2D eigenvalue weighted by atomic mass is 16.6. The zero-order valence-corrected chi connectivity index (χ0v) is 8.76. The first-order valence-electron chi connectivity index (χ1n) is 5.29. The third-order valence-corrected chi connectivity index (χ3v) is 2.55. The third kappa shape index (κ3) is 1.95. The molecule has 1 unspecified atom stereocenters. The fourth-order valence-corrected chi connectivity index (χ4v) is 1.60. The number of epoxide rings is 1. The van der Waals surface area contributed by atoms with Crippen molar-refractivity contribution < 1.29 is 13.9 Å². The quantitative estimate of drug-likeness (QED) is 0.737. The van der Waals surface area contributed by atoms with Gasteiger partial charge in [0, 0.05) is 11.1 Å². The average molecular weight is 216 g/mol. The van der Waals surface area contributed by atoms with E-state index in [0.717, 1.165) is 23.5 Å². The van der Waals surface area contributed by atoms with Crippen molar-refractivity contribution in [1.82, 2.24) is 0 Å². The van der Waals surface area contributed by atoms with Crippen molar-refractivity contribution in [2.75, 3.05) is 13.2 Å². The van der Waals surface area contributed by atoms with Crippen molar-refractivity contribution >= 4 is 0 Å². The summed E-state index contributed by atoms with van der Waals surface area (Å²) in [6, 6.07) is 9.87. The molecule has 0 radical (unpaired) electrons. The molecule has 1 aliphatic heterocycles. The molecule has 0 N–H and O–H groups in total. The Hall–Kier alpha value is -1.74. The van der Waals surface area contributed by atoms with Crippen molar-refractivity contribution in [2.45, 2.75) is 6.10 Å². The van der Waals surface area contributed by atoms with Crippen molar-refractivity contribution in [2.24, 2.45) is 0 Å². The fourth-order valence-electron chi connectivity index (χ4n) is 1.60. The second kappa shape index (κ2) is 4.02. The first kappa shape index (κ1) is 9.48. The van der Waals surface area contributed by atoms with Crippen LogP contribution in [-0.2, 0) is 4.74 Å². The van der Waals surface area contributed by atoms with Gasteiger partial charge in [-0.25, -0.2) is 0 Å². The van der Waals surface area contributed by atoms with Crippen molar-refractivity contribution in [3.05, 3.63) is 42.9 Å². The summed E-state index contributed by atoms with van der Waals surface area (Å²) in [5.41, 5.74) is 2.09. The standard InChI is InChI=1S/C13H12O3/c1-2-4-13(16-9-11-8-15-11)12(3-1)10-5-6-14-7-10/h1-7,11H,8-9H2. The summed E-state index contributed by atoms with van der Waals surface area (Å²) in [6.07, 6.45) is 3.66. The third-order valence-electron chi connectivity index (χ3n) is 2.55.